The van der Waals surface area contributed by atoms with E-state index in [1.807, 2.05) is 0 Å². The van der Waals surface area contributed by atoms with Crippen LogP contribution in [-0.4, -0.2) is 30.0 Å². The van der Waals surface area contributed by atoms with Gasteiger partial charge in [0.1, 0.15) is 5.54 Å². The van der Waals surface area contributed by atoms with Crippen LogP contribution in [0.25, 0.3) is 0 Å². The molecule has 0 saturated heterocycles. The highest BCUT2D eigenvalue weighted by atomic mass is 32.2. The molecule has 0 radical (unpaired) electrons. The highest BCUT2D eigenvalue weighted by Gasteiger charge is 2.44. The molecule has 1 aromatic rings. The van der Waals surface area contributed by atoms with Crippen molar-refractivity contribution >= 4 is 16.0 Å². The molecule has 1 aromatic heterocycles. The summed E-state index contributed by atoms with van der Waals surface area (Å²) in [6.45, 7) is 0. The summed E-state index contributed by atoms with van der Waals surface area (Å²) in [5.41, 5.74) is -1.57. The van der Waals surface area contributed by atoms with Gasteiger partial charge in [0.05, 0.1) is 0 Å². The van der Waals surface area contributed by atoms with E-state index in [9.17, 15) is 22.7 Å². The Kier molecular flexibility index (Phi) is 4.05. The van der Waals surface area contributed by atoms with E-state index in [0.29, 0.717) is 12.8 Å². The Morgan fingerprint density at radius 2 is 2.00 bits per heavy atom. The van der Waals surface area contributed by atoms with Crippen molar-refractivity contribution in [3.8, 4) is 0 Å². The van der Waals surface area contributed by atoms with Crippen molar-refractivity contribution in [3.63, 3.8) is 0 Å². The average Bonchev–Trinajstić information content (AvgIpc) is 2.39. The van der Waals surface area contributed by atoms with Gasteiger partial charge in [0, 0.05) is 6.20 Å². The lowest BCUT2D eigenvalue weighted by atomic mass is 9.83. The van der Waals surface area contributed by atoms with Crippen LogP contribution in [0.3, 0.4) is 0 Å². The average molecular weight is 302 g/mol. The molecule has 1 aliphatic carbocycles. The summed E-state index contributed by atoms with van der Waals surface area (Å²) in [6.07, 6.45) is 3.60. The molecule has 2 N–H and O–H groups in total. The van der Waals surface area contributed by atoms with Crippen molar-refractivity contribution in [2.45, 2.75) is 42.7 Å². The zero-order chi connectivity index (χ0) is 14.8. The van der Waals surface area contributed by atoms with Crippen LogP contribution in [0.2, 0.25) is 0 Å². The number of nitrogens with zero attached hydrogens (tertiary/aromatic N) is 1. The van der Waals surface area contributed by atoms with Crippen molar-refractivity contribution in [2.24, 2.45) is 0 Å². The van der Waals surface area contributed by atoms with Crippen molar-refractivity contribution in [3.05, 3.63) is 24.1 Å². The van der Waals surface area contributed by atoms with Gasteiger partial charge in [-0.15, -0.1) is 0 Å². The van der Waals surface area contributed by atoms with E-state index >= 15 is 0 Å². The maximum atomic E-state index is 13.5. The zero-order valence-electron chi connectivity index (χ0n) is 10.7. The Hall–Kier alpha value is -1.54. The van der Waals surface area contributed by atoms with Crippen molar-refractivity contribution in [2.75, 3.05) is 0 Å². The normalized spacial score (nSPS) is 18.6. The molecular formula is C12H15FN2O4S. The van der Waals surface area contributed by atoms with Crippen LogP contribution >= 0.6 is 0 Å². The van der Waals surface area contributed by atoms with Crippen LogP contribution in [0, 0.1) is 5.82 Å². The van der Waals surface area contributed by atoms with Crippen LogP contribution < -0.4 is 4.72 Å². The molecule has 1 saturated carbocycles. The van der Waals surface area contributed by atoms with Crippen LogP contribution in [0.1, 0.15) is 32.1 Å². The predicted octanol–water partition coefficient (Wildman–Crippen LogP) is 1.29. The van der Waals surface area contributed by atoms with Crippen molar-refractivity contribution in [1.29, 1.82) is 0 Å². The van der Waals surface area contributed by atoms with E-state index in [-0.39, 0.29) is 12.8 Å². The van der Waals surface area contributed by atoms with Gasteiger partial charge in [-0.25, -0.2) is 17.8 Å². The predicted molar refractivity (Wildman–Crippen MR) is 68.0 cm³/mol. The summed E-state index contributed by atoms with van der Waals surface area (Å²) < 4.78 is 40.0. The number of nitrogens with one attached hydrogen (secondary N) is 1. The SMILES string of the molecule is O=C(O)C1(NS(=O)(=O)c2ncccc2F)CCCCC1. The Balaban J connectivity index is 2.35. The van der Waals surface area contributed by atoms with Gasteiger partial charge in [-0.2, -0.15) is 4.72 Å². The number of pyridine rings is 1. The van der Waals surface area contributed by atoms with Crippen LogP contribution in [0.4, 0.5) is 4.39 Å². The molecule has 8 heteroatoms. The highest BCUT2D eigenvalue weighted by molar-refractivity contribution is 7.89. The Morgan fingerprint density at radius 3 is 2.55 bits per heavy atom. The molecule has 1 fully saturated rings. The number of aliphatic carboxylic acids is 1. The standard InChI is InChI=1S/C12H15FN2O4S/c13-9-5-4-8-14-10(9)20(18,19)15-12(11(16)17)6-2-1-3-7-12/h4-5,8,15H,1-3,6-7H2,(H,16,17). The fourth-order valence-electron chi connectivity index (χ4n) is 2.39. The molecule has 0 atom stereocenters. The molecule has 0 amide bonds. The van der Waals surface area contributed by atoms with E-state index in [0.717, 1.165) is 18.7 Å². The molecule has 1 heterocycles. The third kappa shape index (κ3) is 2.80. The first kappa shape index (κ1) is 14.9. The highest BCUT2D eigenvalue weighted by Crippen LogP contribution is 2.30. The number of carboxylic acid groups (broad SMARTS) is 1. The smallest absolute Gasteiger partial charge is 0.324 e. The summed E-state index contributed by atoms with van der Waals surface area (Å²) in [4.78, 5) is 14.9. The number of halogens is 1. The minimum atomic E-state index is -4.31. The minimum absolute atomic E-state index is 0.190. The summed E-state index contributed by atoms with van der Waals surface area (Å²) in [7, 11) is -4.31. The number of carbonyl (C=O) groups is 1. The fourth-order valence-corrected chi connectivity index (χ4v) is 3.82. The van der Waals surface area contributed by atoms with Crippen LogP contribution in [0.15, 0.2) is 23.4 Å². The first-order valence-electron chi connectivity index (χ1n) is 6.25. The number of rotatable bonds is 4. The van der Waals surface area contributed by atoms with E-state index in [2.05, 4.69) is 9.71 Å². The van der Waals surface area contributed by atoms with E-state index < -0.39 is 32.4 Å². The summed E-state index contributed by atoms with van der Waals surface area (Å²) in [5.74, 6) is -2.24. The van der Waals surface area contributed by atoms with Gasteiger partial charge >= 0.3 is 5.97 Å². The Bertz CT molecular complexity index is 612. The van der Waals surface area contributed by atoms with E-state index in [4.69, 9.17) is 0 Å². The van der Waals surface area contributed by atoms with Gasteiger partial charge in [0.2, 0.25) is 5.03 Å². The minimum Gasteiger partial charge on any atom is -0.480 e. The monoisotopic (exact) mass is 302 g/mol. The number of sulfonamides is 1. The molecular weight excluding hydrogens is 287 g/mol. The molecule has 6 nitrogen and oxygen atoms in total. The van der Waals surface area contributed by atoms with Crippen molar-refractivity contribution in [1.82, 2.24) is 9.71 Å². The Morgan fingerprint density at radius 1 is 1.35 bits per heavy atom. The third-order valence-corrected chi connectivity index (χ3v) is 4.89. The maximum Gasteiger partial charge on any atom is 0.324 e. The van der Waals surface area contributed by atoms with Crippen molar-refractivity contribution < 1.29 is 22.7 Å². The van der Waals surface area contributed by atoms with Crippen LogP contribution in [-0.2, 0) is 14.8 Å². The first-order valence-corrected chi connectivity index (χ1v) is 7.74. The quantitative estimate of drug-likeness (QED) is 0.873. The van der Waals surface area contributed by atoms with Gasteiger partial charge in [-0.1, -0.05) is 19.3 Å². The number of aromatic nitrogens is 1. The molecule has 0 aromatic carbocycles. The lowest BCUT2D eigenvalue weighted by Crippen LogP contribution is -2.55. The second-order valence-electron chi connectivity index (χ2n) is 4.84. The molecule has 0 bridgehead atoms. The van der Waals surface area contributed by atoms with Gasteiger partial charge in [0.25, 0.3) is 10.0 Å². The summed E-state index contributed by atoms with van der Waals surface area (Å²) in [6, 6.07) is 2.23. The van der Waals surface area contributed by atoms with Gasteiger partial charge in [-0.05, 0) is 25.0 Å². The second-order valence-corrected chi connectivity index (χ2v) is 6.44. The molecule has 110 valence electrons. The lowest BCUT2D eigenvalue weighted by Gasteiger charge is -2.33. The summed E-state index contributed by atoms with van der Waals surface area (Å²) >= 11 is 0. The molecule has 0 unspecified atom stereocenters. The van der Waals surface area contributed by atoms with Crippen LogP contribution in [0.5, 0.6) is 0 Å². The number of hydrogen-bond acceptors (Lipinski definition) is 4. The fraction of sp³-hybridized carbons (Fsp3) is 0.500. The number of carboxylic acids is 1. The largest absolute Gasteiger partial charge is 0.480 e. The molecule has 0 aliphatic heterocycles. The van der Waals surface area contributed by atoms with Gasteiger partial charge < -0.3 is 5.11 Å². The topological polar surface area (TPSA) is 96.4 Å². The molecule has 20 heavy (non-hydrogen) atoms. The van der Waals surface area contributed by atoms with E-state index in [1.165, 1.54) is 6.07 Å². The van der Waals surface area contributed by atoms with E-state index in [1.54, 1.807) is 0 Å². The Labute approximate surface area is 116 Å². The third-order valence-electron chi connectivity index (χ3n) is 3.43. The number of hydrogen-bond donors (Lipinski definition) is 2. The second kappa shape index (κ2) is 5.45. The maximum absolute atomic E-state index is 13.5. The summed E-state index contributed by atoms with van der Waals surface area (Å²) in [5, 5.41) is 8.56. The molecule has 0 spiro atoms. The zero-order valence-corrected chi connectivity index (χ0v) is 11.5. The molecule has 2 rings (SSSR count). The lowest BCUT2D eigenvalue weighted by molar-refractivity contribution is -0.145. The molecule has 1 aliphatic rings. The first-order chi connectivity index (χ1) is 9.37. The van der Waals surface area contributed by atoms with Gasteiger partial charge in [-0.3, -0.25) is 4.79 Å². The van der Waals surface area contributed by atoms with Gasteiger partial charge in [0.15, 0.2) is 5.82 Å².